The van der Waals surface area contributed by atoms with Crippen LogP contribution in [0.1, 0.15) is 5.56 Å². The van der Waals surface area contributed by atoms with Crippen molar-refractivity contribution < 1.29 is 16.8 Å². The number of rotatable bonds is 4. The van der Waals surface area contributed by atoms with Gasteiger partial charge in [0.15, 0.2) is 0 Å². The summed E-state index contributed by atoms with van der Waals surface area (Å²) in [6.45, 7) is 1.45. The van der Waals surface area contributed by atoms with Gasteiger partial charge in [-0.15, -0.1) is 11.6 Å². The lowest BCUT2D eigenvalue weighted by Crippen LogP contribution is -2.17. The van der Waals surface area contributed by atoms with Crippen molar-refractivity contribution in [3.8, 4) is 0 Å². The average Bonchev–Trinajstić information content (AvgIpc) is 2.19. The van der Waals surface area contributed by atoms with Gasteiger partial charge in [-0.05, 0) is 24.6 Å². The molecule has 9 heteroatoms. The van der Waals surface area contributed by atoms with Gasteiger partial charge in [-0.2, -0.15) is 0 Å². The first-order chi connectivity index (χ1) is 7.67. The van der Waals surface area contributed by atoms with Gasteiger partial charge in [-0.3, -0.25) is 4.72 Å². The third-order valence-electron chi connectivity index (χ3n) is 2.00. The molecule has 0 atom stereocenters. The number of alkyl halides is 1. The van der Waals surface area contributed by atoms with Crippen LogP contribution in [0.4, 0.5) is 5.69 Å². The number of benzene rings is 1. The Morgan fingerprint density at radius 3 is 2.35 bits per heavy atom. The molecule has 0 fully saturated rings. The topological polar surface area (TPSA) is 106 Å². The summed E-state index contributed by atoms with van der Waals surface area (Å²) in [6.07, 6.45) is 0. The molecule has 3 N–H and O–H groups in total. The Morgan fingerprint density at radius 2 is 1.88 bits per heavy atom. The molecule has 6 nitrogen and oxygen atoms in total. The predicted octanol–water partition coefficient (Wildman–Crippen LogP) is 0.580. The van der Waals surface area contributed by atoms with Gasteiger partial charge >= 0.3 is 0 Å². The first kappa shape index (κ1) is 14.2. The molecule has 0 aliphatic rings. The number of nitrogens with two attached hydrogens (primary N) is 1. The summed E-state index contributed by atoms with van der Waals surface area (Å²) in [5.41, 5.74) is 0.362. The van der Waals surface area contributed by atoms with Crippen molar-refractivity contribution in [2.24, 2.45) is 5.14 Å². The van der Waals surface area contributed by atoms with Gasteiger partial charge in [0.05, 0.1) is 10.6 Å². The van der Waals surface area contributed by atoms with Gasteiger partial charge in [0.25, 0.3) is 0 Å². The molecule has 1 aromatic rings. The lowest BCUT2D eigenvalue weighted by Gasteiger charge is -2.11. The van der Waals surface area contributed by atoms with Crippen molar-refractivity contribution in [3.63, 3.8) is 0 Å². The molecule has 0 bridgehead atoms. The summed E-state index contributed by atoms with van der Waals surface area (Å²) in [5, 5.41) is 4.37. The second kappa shape index (κ2) is 4.81. The first-order valence-corrected chi connectivity index (χ1v) is 8.09. The smallest absolute Gasteiger partial charge is 0.246 e. The molecule has 0 aromatic heterocycles. The normalized spacial score (nSPS) is 12.4. The van der Waals surface area contributed by atoms with Gasteiger partial charge in [0, 0.05) is 0 Å². The Hall–Kier alpha value is -0.830. The zero-order valence-electron chi connectivity index (χ0n) is 8.84. The van der Waals surface area contributed by atoms with Crippen LogP contribution >= 0.6 is 11.6 Å². The van der Waals surface area contributed by atoms with E-state index in [-0.39, 0.29) is 16.1 Å². The van der Waals surface area contributed by atoms with E-state index in [1.54, 1.807) is 0 Å². The van der Waals surface area contributed by atoms with E-state index in [0.29, 0.717) is 0 Å². The zero-order valence-corrected chi connectivity index (χ0v) is 11.2. The second-order valence-corrected chi connectivity index (χ2v) is 7.14. The summed E-state index contributed by atoms with van der Waals surface area (Å²) in [5.74, 6) is 0. The van der Waals surface area contributed by atoms with Crippen LogP contribution in [0.3, 0.4) is 0 Å². The van der Waals surface area contributed by atoms with Gasteiger partial charge in [0.2, 0.25) is 20.0 Å². The number of hydrogen-bond acceptors (Lipinski definition) is 4. The van der Waals surface area contributed by atoms with Crippen molar-refractivity contribution in [1.29, 1.82) is 0 Å². The Bertz CT molecular complexity index is 625. The lowest BCUT2D eigenvalue weighted by molar-refractivity contribution is 0.596. The summed E-state index contributed by atoms with van der Waals surface area (Å²) in [7, 11) is -7.56. The maximum atomic E-state index is 11.3. The van der Waals surface area contributed by atoms with Crippen LogP contribution in [0.2, 0.25) is 0 Å². The molecule has 0 unspecified atom stereocenters. The van der Waals surface area contributed by atoms with E-state index in [1.165, 1.54) is 25.1 Å². The molecular weight excluding hydrogens is 288 g/mol. The maximum Gasteiger partial charge on any atom is 0.246 e. The van der Waals surface area contributed by atoms with E-state index in [1.807, 2.05) is 0 Å². The summed E-state index contributed by atoms with van der Waals surface area (Å²) >= 11 is 5.23. The highest BCUT2D eigenvalue weighted by atomic mass is 35.5. The first-order valence-electron chi connectivity index (χ1n) is 4.36. The third kappa shape index (κ3) is 3.56. The Kier molecular flexibility index (Phi) is 4.03. The minimum atomic E-state index is -3.89. The van der Waals surface area contributed by atoms with E-state index in [2.05, 4.69) is 4.72 Å². The minimum Gasteiger partial charge on any atom is -0.282 e. The minimum absolute atomic E-state index is 0.132. The largest absolute Gasteiger partial charge is 0.282 e. The van der Waals surface area contributed by atoms with Gasteiger partial charge in [0.1, 0.15) is 5.21 Å². The number of primary sulfonamides is 1. The van der Waals surface area contributed by atoms with Crippen LogP contribution in [0.25, 0.3) is 0 Å². The summed E-state index contributed by atoms with van der Waals surface area (Å²) < 4.78 is 47.1. The number of hydrogen-bond donors (Lipinski definition) is 2. The molecule has 0 aliphatic heterocycles. The van der Waals surface area contributed by atoms with Crippen molar-refractivity contribution in [2.45, 2.75) is 11.8 Å². The van der Waals surface area contributed by atoms with E-state index in [9.17, 15) is 16.8 Å². The fourth-order valence-electron chi connectivity index (χ4n) is 1.23. The quantitative estimate of drug-likeness (QED) is 0.793. The molecule has 0 saturated heterocycles. The van der Waals surface area contributed by atoms with Crippen molar-refractivity contribution in [2.75, 3.05) is 9.93 Å². The van der Waals surface area contributed by atoms with Crippen LogP contribution in [0.5, 0.6) is 0 Å². The third-order valence-corrected chi connectivity index (χ3v) is 4.74. The highest BCUT2D eigenvalue weighted by Gasteiger charge is 2.16. The lowest BCUT2D eigenvalue weighted by atomic mass is 10.2. The number of nitrogens with one attached hydrogen (secondary N) is 1. The van der Waals surface area contributed by atoms with Crippen LogP contribution < -0.4 is 9.86 Å². The van der Waals surface area contributed by atoms with Crippen LogP contribution in [-0.4, -0.2) is 22.0 Å². The van der Waals surface area contributed by atoms with Crippen LogP contribution in [0.15, 0.2) is 23.1 Å². The van der Waals surface area contributed by atoms with Gasteiger partial charge in [-0.1, -0.05) is 6.07 Å². The summed E-state index contributed by atoms with van der Waals surface area (Å²) in [4.78, 5) is -0.132. The molecule has 96 valence electrons. The molecule has 1 aromatic carbocycles. The maximum absolute atomic E-state index is 11.3. The Morgan fingerprint density at radius 1 is 1.29 bits per heavy atom. The van der Waals surface area contributed by atoms with Gasteiger partial charge < -0.3 is 0 Å². The van der Waals surface area contributed by atoms with Gasteiger partial charge in [-0.25, -0.2) is 22.0 Å². The van der Waals surface area contributed by atoms with E-state index in [4.69, 9.17) is 16.7 Å². The number of halogens is 1. The van der Waals surface area contributed by atoms with Crippen molar-refractivity contribution in [3.05, 3.63) is 23.8 Å². The fraction of sp³-hybridized carbons (Fsp3) is 0.250. The molecule has 0 saturated carbocycles. The number of sulfonamides is 2. The highest BCUT2D eigenvalue weighted by Crippen LogP contribution is 2.23. The molecule has 0 amide bonds. The number of anilines is 1. The monoisotopic (exact) mass is 298 g/mol. The summed E-state index contributed by atoms with van der Waals surface area (Å²) in [6, 6.07) is 4.11. The second-order valence-electron chi connectivity index (χ2n) is 3.30. The zero-order chi connectivity index (χ0) is 13.3. The molecule has 1 rings (SSSR count). The molecular formula is C8H11ClN2O4S2. The SMILES string of the molecule is Cc1c(NS(=O)(=O)CCl)cccc1S(N)(=O)=O. The van der Waals surface area contributed by atoms with Crippen molar-refractivity contribution in [1.82, 2.24) is 0 Å². The van der Waals surface area contributed by atoms with E-state index in [0.717, 1.165) is 0 Å². The van der Waals surface area contributed by atoms with Crippen LogP contribution in [-0.2, 0) is 20.0 Å². The van der Waals surface area contributed by atoms with E-state index < -0.39 is 25.3 Å². The van der Waals surface area contributed by atoms with Crippen molar-refractivity contribution >= 4 is 37.3 Å². The van der Waals surface area contributed by atoms with Crippen LogP contribution in [0, 0.1) is 6.92 Å². The fourth-order valence-corrected chi connectivity index (χ4v) is 2.81. The van der Waals surface area contributed by atoms with E-state index >= 15 is 0 Å². The standard InChI is InChI=1S/C8H11ClN2O4S2/c1-6-7(11-16(12,13)5-9)3-2-4-8(6)17(10,14)15/h2-4,11H,5H2,1H3,(H2,10,14,15). The Labute approximate surface area is 105 Å². The molecule has 0 spiro atoms. The Balaban J connectivity index is 3.31. The average molecular weight is 299 g/mol. The predicted molar refractivity (Wildman–Crippen MR) is 65.8 cm³/mol. The molecule has 0 aliphatic carbocycles. The highest BCUT2D eigenvalue weighted by molar-refractivity contribution is 7.93. The molecule has 0 heterocycles. The molecule has 0 radical (unpaired) electrons. The molecule has 17 heavy (non-hydrogen) atoms.